The number of nitrogens with one attached hydrogen (secondary N) is 2. The third kappa shape index (κ3) is 6.38. The van der Waals surface area contributed by atoms with Gasteiger partial charge in [-0.15, -0.1) is 0 Å². The van der Waals surface area contributed by atoms with E-state index in [0.717, 1.165) is 40.8 Å². The summed E-state index contributed by atoms with van der Waals surface area (Å²) >= 11 is 6.02. The van der Waals surface area contributed by atoms with Gasteiger partial charge in [0.2, 0.25) is 17.7 Å². The molecule has 0 aliphatic carbocycles. The van der Waals surface area contributed by atoms with Crippen LogP contribution in [0.1, 0.15) is 64.7 Å². The average molecular weight is 664 g/mol. The number of urea groups is 1. The first kappa shape index (κ1) is 31.5. The molecule has 1 atom stereocenters. The number of halogens is 1. The second-order valence-corrected chi connectivity index (χ2v) is 13.1. The Balaban J connectivity index is 0.952. The monoisotopic (exact) mass is 663 g/mol. The molecule has 48 heavy (non-hydrogen) atoms. The summed E-state index contributed by atoms with van der Waals surface area (Å²) in [5.74, 6) is 5.84. The summed E-state index contributed by atoms with van der Waals surface area (Å²) in [6.45, 7) is 1.86. The molecule has 0 bridgehead atoms. The second-order valence-electron chi connectivity index (χ2n) is 12.6. The van der Waals surface area contributed by atoms with E-state index in [-0.39, 0.29) is 42.6 Å². The average Bonchev–Trinajstić information content (AvgIpc) is 3.42. The molecule has 4 aliphatic rings. The normalized spacial score (nSPS) is 19.4. The van der Waals surface area contributed by atoms with Crippen molar-refractivity contribution in [3.63, 3.8) is 0 Å². The van der Waals surface area contributed by atoms with Crippen molar-refractivity contribution in [1.29, 1.82) is 0 Å². The van der Waals surface area contributed by atoms with Crippen LogP contribution in [0, 0.1) is 17.8 Å². The fourth-order valence-corrected chi connectivity index (χ4v) is 7.02. The number of aryl methyl sites for hydroxylation is 1. The number of carbonyl (C=O) groups excluding carboxylic acids is 5. The zero-order chi connectivity index (χ0) is 33.4. The molecule has 1 unspecified atom stereocenters. The SMILES string of the molecule is O=C1CCC(N2Cc3c(C#CC4CCN(C(=O)Nc5ccc6c(c5)CCC(=O)N6Cc5ccc(Cl)cc5)CC4)cccc3C2=O)C(=O)N1. The van der Waals surface area contributed by atoms with Gasteiger partial charge >= 0.3 is 6.03 Å². The van der Waals surface area contributed by atoms with Crippen LogP contribution in [0.2, 0.25) is 5.02 Å². The van der Waals surface area contributed by atoms with E-state index in [0.29, 0.717) is 55.2 Å². The number of hydrogen-bond acceptors (Lipinski definition) is 5. The third-order valence-electron chi connectivity index (χ3n) is 9.56. The van der Waals surface area contributed by atoms with Gasteiger partial charge in [-0.05, 0) is 84.8 Å². The van der Waals surface area contributed by atoms with Crippen molar-refractivity contribution in [2.24, 2.45) is 5.92 Å². The maximum atomic E-state index is 13.2. The molecule has 11 heteroatoms. The lowest BCUT2D eigenvalue weighted by Crippen LogP contribution is -2.52. The number of hydrogen-bond donors (Lipinski definition) is 2. The first-order valence-corrected chi connectivity index (χ1v) is 16.6. The summed E-state index contributed by atoms with van der Waals surface area (Å²) < 4.78 is 0. The van der Waals surface area contributed by atoms with Crippen molar-refractivity contribution in [3.8, 4) is 11.8 Å². The molecule has 0 aromatic heterocycles. The Kier molecular flexibility index (Phi) is 8.63. The maximum absolute atomic E-state index is 13.2. The highest BCUT2D eigenvalue weighted by molar-refractivity contribution is 6.30. The number of fused-ring (bicyclic) bond motifs is 2. The minimum atomic E-state index is -0.667. The molecule has 0 spiro atoms. The van der Waals surface area contributed by atoms with E-state index < -0.39 is 11.9 Å². The van der Waals surface area contributed by atoms with Gasteiger partial charge in [0, 0.05) is 65.9 Å². The van der Waals surface area contributed by atoms with E-state index in [4.69, 9.17) is 11.6 Å². The molecule has 4 heterocycles. The summed E-state index contributed by atoms with van der Waals surface area (Å²) in [5, 5.41) is 6.02. The van der Waals surface area contributed by atoms with Crippen molar-refractivity contribution < 1.29 is 24.0 Å². The van der Waals surface area contributed by atoms with Crippen LogP contribution in [0.4, 0.5) is 16.2 Å². The molecule has 6 amide bonds. The predicted molar refractivity (Wildman–Crippen MR) is 180 cm³/mol. The zero-order valence-corrected chi connectivity index (χ0v) is 27.0. The van der Waals surface area contributed by atoms with Crippen molar-refractivity contribution in [1.82, 2.24) is 15.1 Å². The fourth-order valence-electron chi connectivity index (χ4n) is 6.90. The number of piperidine rings is 2. The Labute approximate surface area is 283 Å². The number of likely N-dealkylation sites (tertiary alicyclic amines) is 1. The second kappa shape index (κ2) is 13.2. The van der Waals surface area contributed by atoms with Gasteiger partial charge in [-0.3, -0.25) is 24.5 Å². The van der Waals surface area contributed by atoms with Gasteiger partial charge in [0.05, 0.1) is 6.54 Å². The third-order valence-corrected chi connectivity index (χ3v) is 9.81. The summed E-state index contributed by atoms with van der Waals surface area (Å²) in [6, 6.07) is 17.8. The number of amides is 6. The van der Waals surface area contributed by atoms with E-state index in [1.54, 1.807) is 21.9 Å². The Morgan fingerprint density at radius 3 is 2.50 bits per heavy atom. The quantitative estimate of drug-likeness (QED) is 0.305. The van der Waals surface area contributed by atoms with Crippen LogP contribution in [0.5, 0.6) is 0 Å². The molecule has 2 fully saturated rings. The Hall–Kier alpha value is -5.14. The van der Waals surface area contributed by atoms with Crippen LogP contribution >= 0.6 is 11.6 Å². The molecule has 3 aromatic rings. The first-order valence-electron chi connectivity index (χ1n) is 16.3. The Bertz CT molecular complexity index is 1890. The molecular weight excluding hydrogens is 630 g/mol. The van der Waals surface area contributed by atoms with Gasteiger partial charge in [0.15, 0.2) is 0 Å². The maximum Gasteiger partial charge on any atom is 0.321 e. The van der Waals surface area contributed by atoms with E-state index >= 15 is 0 Å². The number of rotatable bonds is 4. The molecule has 7 rings (SSSR count). The lowest BCUT2D eigenvalue weighted by atomic mass is 9.96. The van der Waals surface area contributed by atoms with Crippen LogP contribution < -0.4 is 15.5 Å². The van der Waals surface area contributed by atoms with Crippen LogP contribution in [0.25, 0.3) is 0 Å². The number of anilines is 2. The van der Waals surface area contributed by atoms with Gasteiger partial charge in [0.25, 0.3) is 5.91 Å². The minimum absolute atomic E-state index is 0.0690. The lowest BCUT2D eigenvalue weighted by molar-refractivity contribution is -0.137. The Morgan fingerprint density at radius 1 is 0.938 bits per heavy atom. The topological polar surface area (TPSA) is 119 Å². The van der Waals surface area contributed by atoms with Crippen molar-refractivity contribution in [3.05, 3.63) is 93.5 Å². The van der Waals surface area contributed by atoms with Crippen LogP contribution in [-0.2, 0) is 33.9 Å². The standard InChI is InChI=1S/C37H34ClN5O5/c38-27-9-5-24(6-10-27)21-42-31-12-11-28(20-26(31)8-15-34(42)45)39-37(48)41-18-16-23(17-19-41)4-7-25-2-1-3-29-30(25)22-43(36(29)47)32-13-14-33(44)40-35(32)46/h1-3,5-6,9-12,20,23,32H,8,13-19,21-22H2,(H,39,48)(H,40,44,46). The predicted octanol–water partition coefficient (Wildman–Crippen LogP) is 4.88. The fraction of sp³-hybridized carbons (Fsp3) is 0.324. The summed E-state index contributed by atoms with van der Waals surface area (Å²) in [5.41, 5.74) is 5.67. The summed E-state index contributed by atoms with van der Waals surface area (Å²) in [6.07, 6.45) is 3.00. The molecule has 10 nitrogen and oxygen atoms in total. The van der Waals surface area contributed by atoms with Gasteiger partial charge in [-0.1, -0.05) is 41.6 Å². The number of nitrogens with zero attached hydrogens (tertiary/aromatic N) is 3. The highest BCUT2D eigenvalue weighted by Gasteiger charge is 2.39. The van der Waals surface area contributed by atoms with Gasteiger partial charge in [0.1, 0.15) is 6.04 Å². The van der Waals surface area contributed by atoms with Gasteiger partial charge < -0.3 is 20.0 Å². The van der Waals surface area contributed by atoms with Crippen molar-refractivity contribution in [2.75, 3.05) is 23.3 Å². The molecule has 0 saturated carbocycles. The molecule has 3 aromatic carbocycles. The van der Waals surface area contributed by atoms with E-state index in [9.17, 15) is 24.0 Å². The van der Waals surface area contributed by atoms with Gasteiger partial charge in [-0.2, -0.15) is 0 Å². The zero-order valence-electron chi connectivity index (χ0n) is 26.3. The molecular formula is C37H34ClN5O5. The van der Waals surface area contributed by atoms with Crippen LogP contribution in [-0.4, -0.2) is 58.6 Å². The summed E-state index contributed by atoms with van der Waals surface area (Å²) in [4.78, 5) is 68.2. The number of carbonyl (C=O) groups is 5. The van der Waals surface area contributed by atoms with E-state index in [2.05, 4.69) is 22.5 Å². The largest absolute Gasteiger partial charge is 0.324 e. The van der Waals surface area contributed by atoms with E-state index in [1.807, 2.05) is 48.5 Å². The summed E-state index contributed by atoms with van der Waals surface area (Å²) in [7, 11) is 0. The van der Waals surface area contributed by atoms with Crippen LogP contribution in [0.15, 0.2) is 60.7 Å². The van der Waals surface area contributed by atoms with Crippen LogP contribution in [0.3, 0.4) is 0 Å². The van der Waals surface area contributed by atoms with Crippen molar-refractivity contribution in [2.45, 2.75) is 57.7 Å². The molecule has 0 radical (unpaired) electrons. The smallest absolute Gasteiger partial charge is 0.321 e. The minimum Gasteiger partial charge on any atom is -0.324 e. The molecule has 244 valence electrons. The van der Waals surface area contributed by atoms with Crippen molar-refractivity contribution >= 4 is 52.6 Å². The van der Waals surface area contributed by atoms with Gasteiger partial charge in [-0.25, -0.2) is 4.79 Å². The Morgan fingerprint density at radius 2 is 1.73 bits per heavy atom. The number of benzene rings is 3. The highest BCUT2D eigenvalue weighted by Crippen LogP contribution is 2.33. The molecule has 2 saturated heterocycles. The lowest BCUT2D eigenvalue weighted by Gasteiger charge is -2.31. The van der Waals surface area contributed by atoms with E-state index in [1.165, 1.54) is 4.90 Å². The highest BCUT2D eigenvalue weighted by atomic mass is 35.5. The first-order chi connectivity index (χ1) is 23.2. The molecule has 2 N–H and O–H groups in total. The number of imide groups is 1. The molecule has 4 aliphatic heterocycles.